The highest BCUT2D eigenvalue weighted by atomic mass is 127. The molecule has 0 radical (unpaired) electrons. The molecule has 0 unspecified atom stereocenters. The van der Waals surface area contributed by atoms with Gasteiger partial charge in [-0.3, -0.25) is 9.35 Å². The van der Waals surface area contributed by atoms with Crippen LogP contribution in [0.25, 0.3) is 0 Å². The van der Waals surface area contributed by atoms with Crippen LogP contribution in [0.15, 0.2) is 23.1 Å². The minimum Gasteiger partial charge on any atom is -0.489 e. The van der Waals surface area contributed by atoms with Crippen molar-refractivity contribution in [3.8, 4) is 11.5 Å². The van der Waals surface area contributed by atoms with Crippen LogP contribution in [-0.2, 0) is 19.6 Å². The van der Waals surface area contributed by atoms with E-state index in [1.165, 1.54) is 12.1 Å². The van der Waals surface area contributed by atoms with Gasteiger partial charge in [0.25, 0.3) is 0 Å². The van der Waals surface area contributed by atoms with Crippen molar-refractivity contribution in [2.45, 2.75) is 32.1 Å². The van der Waals surface area contributed by atoms with Crippen LogP contribution in [-0.4, -0.2) is 38.1 Å². The molecule has 1 N–H and O–H groups in total. The molecule has 0 aliphatic rings. The van der Waals surface area contributed by atoms with Gasteiger partial charge >= 0.3 is 22.1 Å². The highest BCUT2D eigenvalue weighted by Gasteiger charge is 2.34. The average Bonchev–Trinajstić information content (AvgIpc) is 2.77. The number of esters is 2. The highest BCUT2D eigenvalue weighted by Crippen LogP contribution is 2.33. The minimum atomic E-state index is -5.65. The SMILES string of the molecule is CCC(C)(C)C(=O)OCCOc1ccc(C(=O)Oc2c(F)c(F)c(S(=O)(=O)O)c(F)c2F)cc1I. The maximum Gasteiger partial charge on any atom is 0.343 e. The Morgan fingerprint density at radius 3 is 2.09 bits per heavy atom. The van der Waals surface area contributed by atoms with E-state index >= 15 is 0 Å². The van der Waals surface area contributed by atoms with Gasteiger partial charge in [-0.15, -0.1) is 0 Å². The van der Waals surface area contributed by atoms with Crippen molar-refractivity contribution in [1.82, 2.24) is 0 Å². The number of hydrogen-bond donors (Lipinski definition) is 1. The van der Waals surface area contributed by atoms with Crippen LogP contribution in [0.3, 0.4) is 0 Å². The van der Waals surface area contributed by atoms with Gasteiger partial charge in [0.15, 0.2) is 16.5 Å². The van der Waals surface area contributed by atoms with Gasteiger partial charge in [0, 0.05) is 0 Å². The Balaban J connectivity index is 2.14. The van der Waals surface area contributed by atoms with Crippen molar-refractivity contribution in [1.29, 1.82) is 0 Å². The van der Waals surface area contributed by atoms with Gasteiger partial charge < -0.3 is 14.2 Å². The van der Waals surface area contributed by atoms with Crippen LogP contribution in [0, 0.1) is 32.3 Å². The monoisotopic (exact) mass is 634 g/mol. The first-order valence-electron chi connectivity index (χ1n) is 9.77. The summed E-state index contributed by atoms with van der Waals surface area (Å²) in [4.78, 5) is 21.9. The van der Waals surface area contributed by atoms with E-state index in [4.69, 9.17) is 14.0 Å². The predicted molar refractivity (Wildman–Crippen MR) is 121 cm³/mol. The molecule has 0 heterocycles. The van der Waals surface area contributed by atoms with Crippen LogP contribution >= 0.6 is 22.6 Å². The second kappa shape index (κ2) is 11.1. The molecule has 0 saturated carbocycles. The molecule has 8 nitrogen and oxygen atoms in total. The predicted octanol–water partition coefficient (Wildman–Crippen LogP) is 4.67. The number of rotatable bonds is 9. The molecule has 0 fully saturated rings. The second-order valence-corrected chi connectivity index (χ2v) is 10.2. The lowest BCUT2D eigenvalue weighted by Gasteiger charge is -2.20. The van der Waals surface area contributed by atoms with E-state index in [-0.39, 0.29) is 24.5 Å². The van der Waals surface area contributed by atoms with Crippen molar-refractivity contribution in [2.24, 2.45) is 5.41 Å². The summed E-state index contributed by atoms with van der Waals surface area (Å²) in [6.45, 7) is 5.26. The summed E-state index contributed by atoms with van der Waals surface area (Å²) in [7, 11) is -5.65. The van der Waals surface area contributed by atoms with E-state index in [0.29, 0.717) is 9.99 Å². The largest absolute Gasteiger partial charge is 0.489 e. The van der Waals surface area contributed by atoms with E-state index in [1.54, 1.807) is 36.4 Å². The van der Waals surface area contributed by atoms with Crippen molar-refractivity contribution in [2.75, 3.05) is 13.2 Å². The van der Waals surface area contributed by atoms with E-state index in [1.807, 2.05) is 6.92 Å². The van der Waals surface area contributed by atoms with Crippen molar-refractivity contribution in [3.05, 3.63) is 50.6 Å². The quantitative estimate of drug-likeness (QED) is 0.0806. The van der Waals surface area contributed by atoms with Gasteiger partial charge in [-0.25, -0.2) is 13.6 Å². The maximum atomic E-state index is 14.1. The zero-order valence-corrected chi connectivity index (χ0v) is 21.4. The fourth-order valence-electron chi connectivity index (χ4n) is 2.43. The lowest BCUT2D eigenvalue weighted by atomic mass is 9.91. The van der Waals surface area contributed by atoms with Crippen LogP contribution < -0.4 is 9.47 Å². The third kappa shape index (κ3) is 6.61. The van der Waals surface area contributed by atoms with Crippen LogP contribution in [0.1, 0.15) is 37.6 Å². The van der Waals surface area contributed by atoms with E-state index in [2.05, 4.69) is 4.74 Å². The summed E-state index contributed by atoms with van der Waals surface area (Å²) in [6, 6.07) is 3.60. The zero-order chi connectivity index (χ0) is 26.7. The van der Waals surface area contributed by atoms with E-state index in [9.17, 15) is 35.6 Å². The van der Waals surface area contributed by atoms with Gasteiger partial charge in [0.1, 0.15) is 19.0 Å². The van der Waals surface area contributed by atoms with Crippen molar-refractivity contribution < 1.29 is 54.3 Å². The fourth-order valence-corrected chi connectivity index (χ4v) is 3.73. The normalized spacial score (nSPS) is 11.8. The van der Waals surface area contributed by atoms with Gasteiger partial charge in [-0.1, -0.05) is 6.92 Å². The first-order valence-corrected chi connectivity index (χ1v) is 12.3. The molecule has 2 rings (SSSR count). The number of hydrogen-bond acceptors (Lipinski definition) is 7. The molecule has 0 aliphatic carbocycles. The van der Waals surface area contributed by atoms with Crippen molar-refractivity contribution >= 4 is 44.6 Å². The van der Waals surface area contributed by atoms with Crippen molar-refractivity contribution in [3.63, 3.8) is 0 Å². The minimum absolute atomic E-state index is 0.0135. The van der Waals surface area contributed by atoms with Gasteiger partial charge in [-0.05, 0) is 61.1 Å². The molecule has 14 heteroatoms. The number of carbonyl (C=O) groups excluding carboxylic acids is 2. The molecule has 0 bridgehead atoms. The molecule has 2 aromatic carbocycles. The first kappa shape index (κ1) is 28.8. The number of halogens is 5. The van der Waals surface area contributed by atoms with Gasteiger partial charge in [0.05, 0.1) is 14.5 Å². The first-order chi connectivity index (χ1) is 16.1. The molecule has 0 aromatic heterocycles. The van der Waals surface area contributed by atoms with Crippen LogP contribution in [0.2, 0.25) is 0 Å². The summed E-state index contributed by atoms with van der Waals surface area (Å²) in [6.07, 6.45) is 0.583. The molecule has 2 aromatic rings. The smallest absolute Gasteiger partial charge is 0.343 e. The average molecular weight is 634 g/mol. The van der Waals surface area contributed by atoms with Crippen LogP contribution in [0.5, 0.6) is 11.5 Å². The Morgan fingerprint density at radius 2 is 1.60 bits per heavy atom. The lowest BCUT2D eigenvalue weighted by molar-refractivity contribution is -0.154. The molecule has 0 amide bonds. The van der Waals surface area contributed by atoms with Crippen LogP contribution in [0.4, 0.5) is 17.6 Å². The molecule has 192 valence electrons. The number of benzene rings is 2. The van der Waals surface area contributed by atoms with Gasteiger partial charge in [0.2, 0.25) is 17.4 Å². The summed E-state index contributed by atoms with van der Waals surface area (Å²) in [5.41, 5.74) is -0.940. The second-order valence-electron chi connectivity index (χ2n) is 7.65. The Kier molecular flexibility index (Phi) is 9.10. The number of ether oxygens (including phenoxy) is 3. The Morgan fingerprint density at radius 1 is 1.03 bits per heavy atom. The molecule has 0 atom stereocenters. The summed E-state index contributed by atoms with van der Waals surface area (Å²) >= 11 is 1.77. The molecule has 0 saturated heterocycles. The van der Waals surface area contributed by atoms with Gasteiger partial charge in [-0.2, -0.15) is 17.2 Å². The lowest BCUT2D eigenvalue weighted by Crippen LogP contribution is -2.27. The third-order valence-electron chi connectivity index (χ3n) is 4.81. The Hall–Kier alpha value is -2.46. The molecular weight excluding hydrogens is 615 g/mol. The topological polar surface area (TPSA) is 116 Å². The molecule has 35 heavy (non-hydrogen) atoms. The summed E-state index contributed by atoms with van der Waals surface area (Å²) < 4.78 is 102. The standard InChI is InChI=1S/C21H19F4IO8S/c1-4-21(2,3)20(28)33-8-7-32-12-6-5-10(9-11(12)26)19(27)34-17-13(22)15(24)18(35(29,30)31)16(25)14(17)23/h5-6,9H,4,7-8H2,1-3H3,(H,29,30,31). The van der Waals surface area contributed by atoms with E-state index < -0.39 is 61.4 Å². The molecular formula is C21H19F4IO8S. The maximum absolute atomic E-state index is 14.1. The molecule has 0 spiro atoms. The molecule has 0 aliphatic heterocycles. The fraction of sp³-hybridized carbons (Fsp3) is 0.333. The summed E-state index contributed by atoms with van der Waals surface area (Å²) in [5, 5.41) is 0. The van der Waals surface area contributed by atoms with E-state index in [0.717, 1.165) is 6.07 Å². The Bertz CT molecular complexity index is 1240. The summed E-state index contributed by atoms with van der Waals surface area (Å²) in [5.74, 6) is -13.0. The zero-order valence-electron chi connectivity index (χ0n) is 18.5. The highest BCUT2D eigenvalue weighted by molar-refractivity contribution is 14.1. The Labute approximate surface area is 211 Å². The number of carbonyl (C=O) groups is 2. The third-order valence-corrected chi connectivity index (χ3v) is 6.53.